The molecule has 0 radical (unpaired) electrons. The highest BCUT2D eigenvalue weighted by Crippen LogP contribution is 2.07. The SMILES string of the molecule is CC(C)CC(NC(=O)C(CC(N)=O)NC(=O)C(CCC(N)=O)NC(=O)C(N)CO)C(=O)O. The first-order valence-electron chi connectivity index (χ1n) is 9.85. The lowest BCUT2D eigenvalue weighted by molar-refractivity contribution is -0.143. The first-order valence-corrected chi connectivity index (χ1v) is 9.85. The zero-order valence-electron chi connectivity index (χ0n) is 18.0. The van der Waals surface area contributed by atoms with Gasteiger partial charge in [-0.15, -0.1) is 0 Å². The molecule has 14 nitrogen and oxygen atoms in total. The van der Waals surface area contributed by atoms with Gasteiger partial charge in [0.05, 0.1) is 13.0 Å². The van der Waals surface area contributed by atoms with Crippen molar-refractivity contribution >= 4 is 35.5 Å². The van der Waals surface area contributed by atoms with Crippen LogP contribution in [0.1, 0.15) is 39.5 Å². The van der Waals surface area contributed by atoms with Crippen LogP contribution in [0.2, 0.25) is 0 Å². The summed E-state index contributed by atoms with van der Waals surface area (Å²) in [5.41, 5.74) is 15.6. The van der Waals surface area contributed by atoms with Crippen LogP contribution in [0.3, 0.4) is 0 Å². The van der Waals surface area contributed by atoms with E-state index in [2.05, 4.69) is 16.0 Å². The van der Waals surface area contributed by atoms with E-state index >= 15 is 0 Å². The first kappa shape index (κ1) is 28.7. The van der Waals surface area contributed by atoms with Crippen molar-refractivity contribution in [2.24, 2.45) is 23.1 Å². The van der Waals surface area contributed by atoms with Crippen LogP contribution >= 0.6 is 0 Å². The standard InChI is InChI=1S/C18H32N6O8/c1-8(2)5-12(18(31)32)24-17(30)11(6-14(21)27)23-16(29)10(3-4-13(20)26)22-15(28)9(19)7-25/h8-12,25H,3-7,19H2,1-2H3,(H2,20,26)(H2,21,27)(H,22,28)(H,23,29)(H,24,30)(H,31,32). The Balaban J connectivity index is 5.53. The minimum Gasteiger partial charge on any atom is -0.480 e. The van der Waals surface area contributed by atoms with Crippen LogP contribution in [0.25, 0.3) is 0 Å². The number of carboxylic acids is 1. The molecule has 5 amide bonds. The van der Waals surface area contributed by atoms with Crippen molar-refractivity contribution in [1.82, 2.24) is 16.0 Å². The van der Waals surface area contributed by atoms with E-state index in [0.717, 1.165) is 0 Å². The molecule has 0 spiro atoms. The summed E-state index contributed by atoms with van der Waals surface area (Å²) >= 11 is 0. The largest absolute Gasteiger partial charge is 0.480 e. The number of nitrogens with two attached hydrogens (primary N) is 3. The number of nitrogens with one attached hydrogen (secondary N) is 3. The Hall–Kier alpha value is -3.26. The fraction of sp³-hybridized carbons (Fsp3) is 0.667. The number of hydrogen-bond acceptors (Lipinski definition) is 8. The number of aliphatic carboxylic acids is 1. The van der Waals surface area contributed by atoms with Gasteiger partial charge in [-0.3, -0.25) is 24.0 Å². The molecule has 0 bridgehead atoms. The lowest BCUT2D eigenvalue weighted by Gasteiger charge is -2.24. The van der Waals surface area contributed by atoms with Gasteiger partial charge >= 0.3 is 5.97 Å². The lowest BCUT2D eigenvalue weighted by Crippen LogP contribution is -2.58. The van der Waals surface area contributed by atoms with E-state index in [9.17, 15) is 33.9 Å². The minimum absolute atomic E-state index is 0.0790. The quantitative estimate of drug-likeness (QED) is 0.118. The number of amides is 5. The molecule has 0 saturated heterocycles. The third-order valence-corrected chi connectivity index (χ3v) is 4.21. The maximum atomic E-state index is 12.7. The Labute approximate surface area is 184 Å². The Bertz CT molecular complexity index is 714. The Morgan fingerprint density at radius 3 is 1.75 bits per heavy atom. The maximum absolute atomic E-state index is 12.7. The molecular formula is C18H32N6O8. The van der Waals surface area contributed by atoms with E-state index < -0.39 is 72.7 Å². The number of carbonyl (C=O) groups is 6. The number of primary amides is 2. The number of hydrogen-bond donors (Lipinski definition) is 8. The average molecular weight is 460 g/mol. The first-order chi connectivity index (χ1) is 14.8. The molecule has 0 fully saturated rings. The molecule has 0 aliphatic carbocycles. The van der Waals surface area contributed by atoms with Crippen LogP contribution in [-0.2, 0) is 28.8 Å². The van der Waals surface area contributed by atoms with E-state index in [-0.39, 0.29) is 25.2 Å². The zero-order chi connectivity index (χ0) is 25.0. The van der Waals surface area contributed by atoms with Gasteiger partial charge in [-0.1, -0.05) is 13.8 Å². The van der Waals surface area contributed by atoms with E-state index in [0.29, 0.717) is 0 Å². The van der Waals surface area contributed by atoms with Gasteiger partial charge in [-0.05, 0) is 18.8 Å². The maximum Gasteiger partial charge on any atom is 0.326 e. The molecule has 0 saturated carbocycles. The molecule has 0 aliphatic heterocycles. The highest BCUT2D eigenvalue weighted by atomic mass is 16.4. The zero-order valence-corrected chi connectivity index (χ0v) is 18.0. The molecule has 11 N–H and O–H groups in total. The second-order valence-electron chi connectivity index (χ2n) is 7.62. The summed E-state index contributed by atoms with van der Waals surface area (Å²) in [4.78, 5) is 71.0. The predicted molar refractivity (Wildman–Crippen MR) is 110 cm³/mol. The summed E-state index contributed by atoms with van der Waals surface area (Å²) in [5, 5.41) is 24.9. The van der Waals surface area contributed by atoms with Crippen molar-refractivity contribution in [1.29, 1.82) is 0 Å². The molecule has 0 rings (SSSR count). The summed E-state index contributed by atoms with van der Waals surface area (Å²) < 4.78 is 0. The van der Waals surface area contributed by atoms with Crippen molar-refractivity contribution in [3.8, 4) is 0 Å². The average Bonchev–Trinajstić information content (AvgIpc) is 2.67. The van der Waals surface area contributed by atoms with Gasteiger partial charge in [0, 0.05) is 6.42 Å². The predicted octanol–water partition coefficient (Wildman–Crippen LogP) is -3.97. The van der Waals surface area contributed by atoms with Crippen molar-refractivity contribution in [2.75, 3.05) is 6.61 Å². The monoisotopic (exact) mass is 460 g/mol. The molecule has 0 heterocycles. The Morgan fingerprint density at radius 1 is 0.812 bits per heavy atom. The molecular weight excluding hydrogens is 428 g/mol. The van der Waals surface area contributed by atoms with Gasteiger partial charge in [-0.2, -0.15) is 0 Å². The van der Waals surface area contributed by atoms with Gasteiger partial charge in [0.1, 0.15) is 24.2 Å². The number of aliphatic hydroxyl groups excluding tert-OH is 1. The van der Waals surface area contributed by atoms with Crippen LogP contribution < -0.4 is 33.2 Å². The molecule has 0 aliphatic rings. The molecule has 182 valence electrons. The normalized spacial score (nSPS) is 14.5. The van der Waals surface area contributed by atoms with Gasteiger partial charge in [0.15, 0.2) is 0 Å². The second kappa shape index (κ2) is 13.9. The number of carbonyl (C=O) groups excluding carboxylic acids is 5. The second-order valence-corrected chi connectivity index (χ2v) is 7.62. The summed E-state index contributed by atoms with van der Waals surface area (Å²) in [7, 11) is 0. The Kier molecular flexibility index (Phi) is 12.5. The topological polar surface area (TPSA) is 257 Å². The smallest absolute Gasteiger partial charge is 0.326 e. The summed E-state index contributed by atoms with van der Waals surface area (Å²) in [6, 6.07) is -5.56. The van der Waals surface area contributed by atoms with Crippen LogP contribution in [0.4, 0.5) is 0 Å². The molecule has 14 heteroatoms. The summed E-state index contributed by atoms with van der Waals surface area (Å²) in [5.74, 6) is -5.96. The molecule has 4 unspecified atom stereocenters. The van der Waals surface area contributed by atoms with E-state index in [4.69, 9.17) is 22.3 Å². The third kappa shape index (κ3) is 11.2. The lowest BCUT2D eigenvalue weighted by atomic mass is 10.0. The number of aliphatic hydroxyl groups is 1. The van der Waals surface area contributed by atoms with Gasteiger partial charge in [0.25, 0.3) is 0 Å². The van der Waals surface area contributed by atoms with Gasteiger partial charge in [-0.25, -0.2) is 4.79 Å². The van der Waals surface area contributed by atoms with Crippen molar-refractivity contribution < 1.29 is 39.0 Å². The highest BCUT2D eigenvalue weighted by molar-refractivity contribution is 5.96. The van der Waals surface area contributed by atoms with Crippen LogP contribution in [0, 0.1) is 5.92 Å². The third-order valence-electron chi connectivity index (χ3n) is 4.21. The minimum atomic E-state index is -1.55. The summed E-state index contributed by atoms with van der Waals surface area (Å²) in [6.07, 6.45) is -1.14. The van der Waals surface area contributed by atoms with Crippen LogP contribution in [0.5, 0.6) is 0 Å². The molecule has 0 aromatic carbocycles. The highest BCUT2D eigenvalue weighted by Gasteiger charge is 2.31. The van der Waals surface area contributed by atoms with E-state index in [1.54, 1.807) is 13.8 Å². The van der Waals surface area contributed by atoms with Crippen LogP contribution in [0.15, 0.2) is 0 Å². The molecule has 0 aromatic heterocycles. The van der Waals surface area contributed by atoms with Gasteiger partial charge in [0.2, 0.25) is 29.5 Å². The number of carboxylic acid groups (broad SMARTS) is 1. The molecule has 0 aromatic rings. The van der Waals surface area contributed by atoms with Gasteiger partial charge < -0.3 is 43.4 Å². The van der Waals surface area contributed by atoms with Crippen LogP contribution in [-0.4, -0.2) is 76.5 Å². The fourth-order valence-electron chi connectivity index (χ4n) is 2.57. The van der Waals surface area contributed by atoms with Crippen molar-refractivity contribution in [3.63, 3.8) is 0 Å². The van der Waals surface area contributed by atoms with E-state index in [1.807, 2.05) is 0 Å². The van der Waals surface area contributed by atoms with Crippen molar-refractivity contribution in [2.45, 2.75) is 63.7 Å². The molecule has 32 heavy (non-hydrogen) atoms. The summed E-state index contributed by atoms with van der Waals surface area (Å²) in [6.45, 7) is 2.77. The van der Waals surface area contributed by atoms with Crippen molar-refractivity contribution in [3.05, 3.63) is 0 Å². The number of rotatable bonds is 15. The molecule has 4 atom stereocenters. The fourth-order valence-corrected chi connectivity index (χ4v) is 2.57. The van der Waals surface area contributed by atoms with E-state index in [1.165, 1.54) is 0 Å². The Morgan fingerprint density at radius 2 is 1.31 bits per heavy atom.